The first-order valence-corrected chi connectivity index (χ1v) is 16.8. The van der Waals surface area contributed by atoms with E-state index in [-0.39, 0.29) is 16.2 Å². The number of aromatic nitrogens is 1. The Kier molecular flexibility index (Phi) is 9.12. The van der Waals surface area contributed by atoms with Gasteiger partial charge in [-0.1, -0.05) is 129 Å². The number of nitrogens with zero attached hydrogens (tertiary/aromatic N) is 1. The number of hydrogen-bond donors (Lipinski definition) is 1. The first-order chi connectivity index (χ1) is 21.9. The van der Waals surface area contributed by atoms with E-state index in [0.717, 1.165) is 44.6 Å². The van der Waals surface area contributed by atoms with Crippen LogP contribution in [0.15, 0.2) is 97.2 Å². The molecule has 1 N–H and O–H groups in total. The Morgan fingerprint density at radius 3 is 1.89 bits per heavy atom. The monoisotopic (exact) mass is 621 g/mol. The standard InChI is InChI=1S/C45H51NO/c1-29-16-15-19-37(38(29)22-30(2)39-27-36(44(6,7)8)28-40(42(39)47)45(9,10)11)33-23-34(25-35(24-33)43(3,4)5)41-26-32(20-21-46-41)31-17-13-12-14-18-31/h12-28,47H,1-11H3. The zero-order valence-corrected chi connectivity index (χ0v) is 30.2. The third kappa shape index (κ3) is 7.43. The molecular formula is C45H51NO. The summed E-state index contributed by atoms with van der Waals surface area (Å²) < 4.78 is 0. The Balaban J connectivity index is 1.70. The largest absolute Gasteiger partial charge is 0.507 e. The molecule has 0 aliphatic heterocycles. The zero-order valence-electron chi connectivity index (χ0n) is 30.2. The minimum atomic E-state index is -0.191. The van der Waals surface area contributed by atoms with Crippen LogP contribution in [-0.2, 0) is 16.2 Å². The molecule has 0 radical (unpaired) electrons. The summed E-state index contributed by atoms with van der Waals surface area (Å²) in [4.78, 5) is 4.85. The van der Waals surface area contributed by atoms with E-state index in [1.54, 1.807) is 0 Å². The van der Waals surface area contributed by atoms with Crippen molar-refractivity contribution in [2.45, 2.75) is 92.4 Å². The molecule has 0 atom stereocenters. The number of aryl methyl sites for hydroxylation is 1. The molecule has 4 aromatic carbocycles. The van der Waals surface area contributed by atoms with Crippen LogP contribution in [0.4, 0.5) is 0 Å². The lowest BCUT2D eigenvalue weighted by Crippen LogP contribution is -2.17. The maximum absolute atomic E-state index is 11.7. The molecule has 5 aromatic rings. The highest BCUT2D eigenvalue weighted by atomic mass is 16.3. The maximum Gasteiger partial charge on any atom is 0.126 e. The van der Waals surface area contributed by atoms with Crippen molar-refractivity contribution >= 4 is 11.6 Å². The fraction of sp³-hybridized carbons (Fsp3) is 0.311. The Morgan fingerprint density at radius 1 is 0.617 bits per heavy atom. The zero-order chi connectivity index (χ0) is 34.3. The quantitative estimate of drug-likeness (QED) is 0.198. The molecule has 0 aliphatic carbocycles. The van der Waals surface area contributed by atoms with Crippen LogP contribution in [0.3, 0.4) is 0 Å². The Bertz CT molecular complexity index is 1940. The van der Waals surface area contributed by atoms with Crippen molar-refractivity contribution in [3.05, 3.63) is 131 Å². The molecule has 0 bridgehead atoms. The summed E-state index contributed by atoms with van der Waals surface area (Å²) >= 11 is 0. The molecule has 2 heteroatoms. The number of allylic oxidation sites excluding steroid dienone is 1. The van der Waals surface area contributed by atoms with Gasteiger partial charge in [0.25, 0.3) is 0 Å². The van der Waals surface area contributed by atoms with Crippen molar-refractivity contribution in [3.63, 3.8) is 0 Å². The lowest BCUT2D eigenvalue weighted by molar-refractivity contribution is 0.443. The van der Waals surface area contributed by atoms with E-state index in [4.69, 9.17) is 4.98 Å². The number of aromatic hydroxyl groups is 1. The predicted octanol–water partition coefficient (Wildman–Crippen LogP) is 12.5. The van der Waals surface area contributed by atoms with Crippen LogP contribution < -0.4 is 0 Å². The molecule has 47 heavy (non-hydrogen) atoms. The molecule has 0 fully saturated rings. The van der Waals surface area contributed by atoms with Crippen LogP contribution in [0.1, 0.15) is 103 Å². The fourth-order valence-electron chi connectivity index (χ4n) is 6.12. The number of rotatable bonds is 5. The first-order valence-electron chi connectivity index (χ1n) is 16.8. The van der Waals surface area contributed by atoms with Gasteiger partial charge < -0.3 is 5.11 Å². The molecule has 2 nitrogen and oxygen atoms in total. The van der Waals surface area contributed by atoms with Crippen LogP contribution in [0.25, 0.3) is 45.2 Å². The molecule has 1 heterocycles. The van der Waals surface area contributed by atoms with Gasteiger partial charge in [0, 0.05) is 22.9 Å². The average molecular weight is 622 g/mol. The van der Waals surface area contributed by atoms with Gasteiger partial charge in [0.1, 0.15) is 5.75 Å². The summed E-state index contributed by atoms with van der Waals surface area (Å²) in [5, 5.41) is 11.7. The normalized spacial score (nSPS) is 12.8. The number of phenols is 1. The second kappa shape index (κ2) is 12.6. The van der Waals surface area contributed by atoms with Gasteiger partial charge in [-0.05, 0) is 111 Å². The second-order valence-electron chi connectivity index (χ2n) is 16.1. The minimum absolute atomic E-state index is 0.0494. The lowest BCUT2D eigenvalue weighted by Gasteiger charge is -2.28. The number of phenolic OH excluding ortho intramolecular Hbond substituents is 1. The topological polar surface area (TPSA) is 33.1 Å². The lowest BCUT2D eigenvalue weighted by atomic mass is 9.78. The Hall–Kier alpha value is -4.43. The van der Waals surface area contributed by atoms with Gasteiger partial charge in [-0.3, -0.25) is 4.98 Å². The van der Waals surface area contributed by atoms with Gasteiger partial charge in [0.15, 0.2) is 0 Å². The van der Waals surface area contributed by atoms with Gasteiger partial charge in [-0.25, -0.2) is 0 Å². The number of benzene rings is 4. The summed E-state index contributed by atoms with van der Waals surface area (Å²) in [5.41, 5.74) is 14.2. The van der Waals surface area contributed by atoms with Gasteiger partial charge >= 0.3 is 0 Å². The summed E-state index contributed by atoms with van der Waals surface area (Å²) in [5.74, 6) is 0.371. The van der Waals surface area contributed by atoms with E-state index in [2.05, 4.69) is 167 Å². The third-order valence-corrected chi connectivity index (χ3v) is 9.17. The van der Waals surface area contributed by atoms with Crippen LogP contribution in [0.5, 0.6) is 5.75 Å². The van der Waals surface area contributed by atoms with Gasteiger partial charge in [-0.15, -0.1) is 0 Å². The highest BCUT2D eigenvalue weighted by molar-refractivity contribution is 5.90. The van der Waals surface area contributed by atoms with Crippen molar-refractivity contribution in [2.75, 3.05) is 0 Å². The van der Waals surface area contributed by atoms with Crippen LogP contribution in [0, 0.1) is 6.92 Å². The van der Waals surface area contributed by atoms with E-state index in [9.17, 15) is 5.11 Å². The molecule has 0 aliphatic rings. The molecule has 0 amide bonds. The Morgan fingerprint density at radius 2 is 1.26 bits per heavy atom. The SMILES string of the molecule is CC(=Cc1c(C)cccc1-c1cc(-c2cc(-c3ccccc3)ccn2)cc(C(C)(C)C)c1)c1cc(C(C)(C)C)cc(C(C)(C)C)c1O. The van der Waals surface area contributed by atoms with E-state index in [1.165, 1.54) is 27.8 Å². The maximum atomic E-state index is 11.7. The van der Waals surface area contributed by atoms with Crippen LogP contribution in [-0.4, -0.2) is 10.1 Å². The van der Waals surface area contributed by atoms with Crippen molar-refractivity contribution in [1.82, 2.24) is 4.98 Å². The van der Waals surface area contributed by atoms with Crippen molar-refractivity contribution < 1.29 is 5.11 Å². The van der Waals surface area contributed by atoms with E-state index in [1.807, 2.05) is 12.3 Å². The van der Waals surface area contributed by atoms with E-state index < -0.39 is 0 Å². The number of hydrogen-bond acceptors (Lipinski definition) is 2. The van der Waals surface area contributed by atoms with Crippen molar-refractivity contribution in [2.24, 2.45) is 0 Å². The van der Waals surface area contributed by atoms with Crippen LogP contribution >= 0.6 is 0 Å². The molecule has 0 saturated carbocycles. The second-order valence-corrected chi connectivity index (χ2v) is 16.1. The predicted molar refractivity (Wildman–Crippen MR) is 203 cm³/mol. The molecular weight excluding hydrogens is 571 g/mol. The van der Waals surface area contributed by atoms with Gasteiger partial charge in [0.05, 0.1) is 5.69 Å². The fourth-order valence-corrected chi connectivity index (χ4v) is 6.12. The third-order valence-electron chi connectivity index (χ3n) is 9.17. The Labute approximate surface area is 283 Å². The minimum Gasteiger partial charge on any atom is -0.507 e. The summed E-state index contributed by atoms with van der Waals surface area (Å²) in [6.45, 7) is 24.3. The first kappa shape index (κ1) is 33.9. The van der Waals surface area contributed by atoms with E-state index in [0.29, 0.717) is 5.75 Å². The summed E-state index contributed by atoms with van der Waals surface area (Å²) in [6, 6.07) is 32.6. The highest BCUT2D eigenvalue weighted by Gasteiger charge is 2.26. The molecule has 1 aromatic heterocycles. The van der Waals surface area contributed by atoms with Gasteiger partial charge in [-0.2, -0.15) is 0 Å². The van der Waals surface area contributed by atoms with Crippen molar-refractivity contribution in [1.29, 1.82) is 0 Å². The smallest absolute Gasteiger partial charge is 0.126 e. The highest BCUT2D eigenvalue weighted by Crippen LogP contribution is 2.42. The molecule has 0 unspecified atom stereocenters. The number of pyridine rings is 1. The molecule has 5 rings (SSSR count). The molecule has 242 valence electrons. The van der Waals surface area contributed by atoms with Crippen LogP contribution in [0.2, 0.25) is 0 Å². The molecule has 0 spiro atoms. The summed E-state index contributed by atoms with van der Waals surface area (Å²) in [7, 11) is 0. The van der Waals surface area contributed by atoms with Crippen molar-refractivity contribution in [3.8, 4) is 39.3 Å². The summed E-state index contributed by atoms with van der Waals surface area (Å²) in [6.07, 6.45) is 4.17. The van der Waals surface area contributed by atoms with E-state index >= 15 is 0 Å². The average Bonchev–Trinajstić information content (AvgIpc) is 3.00. The molecule has 0 saturated heterocycles. The van der Waals surface area contributed by atoms with Gasteiger partial charge in [0.2, 0.25) is 0 Å².